The molecule has 4 nitrogen and oxygen atoms in total. The molecule has 2 aliphatic rings. The van der Waals surface area contributed by atoms with Crippen molar-refractivity contribution in [3.05, 3.63) is 0 Å². The molecular formula is C9H17N3O. The summed E-state index contributed by atoms with van der Waals surface area (Å²) in [7, 11) is 0. The Morgan fingerprint density at radius 1 is 1.23 bits per heavy atom. The Morgan fingerprint density at radius 2 is 2.00 bits per heavy atom. The van der Waals surface area contributed by atoms with Crippen molar-refractivity contribution < 1.29 is 4.79 Å². The SMILES string of the molecule is O=C([C@H]1CCCN1)N1CCNCC1. The minimum Gasteiger partial charge on any atom is -0.339 e. The van der Waals surface area contributed by atoms with E-state index in [4.69, 9.17) is 0 Å². The lowest BCUT2D eigenvalue weighted by Crippen LogP contribution is -2.51. The molecular weight excluding hydrogens is 166 g/mol. The normalized spacial score (nSPS) is 29.2. The molecule has 2 heterocycles. The Balaban J connectivity index is 1.87. The van der Waals surface area contributed by atoms with E-state index in [-0.39, 0.29) is 6.04 Å². The monoisotopic (exact) mass is 183 g/mol. The molecule has 13 heavy (non-hydrogen) atoms. The number of piperazine rings is 1. The summed E-state index contributed by atoms with van der Waals surface area (Å²) in [6, 6.07) is 0.109. The van der Waals surface area contributed by atoms with Gasteiger partial charge in [0.25, 0.3) is 0 Å². The van der Waals surface area contributed by atoms with E-state index < -0.39 is 0 Å². The van der Waals surface area contributed by atoms with Crippen molar-refractivity contribution in [3.8, 4) is 0 Å². The van der Waals surface area contributed by atoms with Crippen molar-refractivity contribution in [2.75, 3.05) is 32.7 Å². The van der Waals surface area contributed by atoms with Gasteiger partial charge in [0.2, 0.25) is 5.91 Å². The van der Waals surface area contributed by atoms with Crippen LogP contribution in [-0.2, 0) is 4.79 Å². The smallest absolute Gasteiger partial charge is 0.239 e. The van der Waals surface area contributed by atoms with E-state index in [1.807, 2.05) is 4.90 Å². The van der Waals surface area contributed by atoms with Gasteiger partial charge in [0, 0.05) is 26.2 Å². The van der Waals surface area contributed by atoms with Crippen molar-refractivity contribution in [3.63, 3.8) is 0 Å². The first-order chi connectivity index (χ1) is 6.38. The minimum atomic E-state index is 0.109. The lowest BCUT2D eigenvalue weighted by molar-refractivity contribution is -0.133. The highest BCUT2D eigenvalue weighted by Crippen LogP contribution is 2.08. The molecule has 2 aliphatic heterocycles. The van der Waals surface area contributed by atoms with Crippen LogP contribution in [0.3, 0.4) is 0 Å². The molecule has 1 amide bonds. The van der Waals surface area contributed by atoms with E-state index in [0.717, 1.165) is 45.6 Å². The number of hydrogen-bond acceptors (Lipinski definition) is 3. The first kappa shape index (κ1) is 8.97. The molecule has 0 spiro atoms. The fraction of sp³-hybridized carbons (Fsp3) is 0.889. The summed E-state index contributed by atoms with van der Waals surface area (Å²) < 4.78 is 0. The molecule has 2 fully saturated rings. The molecule has 0 radical (unpaired) electrons. The highest BCUT2D eigenvalue weighted by molar-refractivity contribution is 5.82. The summed E-state index contributed by atoms with van der Waals surface area (Å²) in [6.07, 6.45) is 2.16. The fourth-order valence-electron chi connectivity index (χ4n) is 2.00. The van der Waals surface area contributed by atoms with Crippen LogP contribution in [0.1, 0.15) is 12.8 Å². The zero-order chi connectivity index (χ0) is 9.10. The fourth-order valence-corrected chi connectivity index (χ4v) is 2.00. The van der Waals surface area contributed by atoms with Crippen molar-refractivity contribution in [2.45, 2.75) is 18.9 Å². The molecule has 74 valence electrons. The lowest BCUT2D eigenvalue weighted by atomic mass is 10.2. The van der Waals surface area contributed by atoms with E-state index >= 15 is 0 Å². The third-order valence-corrected chi connectivity index (χ3v) is 2.79. The van der Waals surface area contributed by atoms with E-state index in [9.17, 15) is 4.79 Å². The Hall–Kier alpha value is -0.610. The largest absolute Gasteiger partial charge is 0.339 e. The summed E-state index contributed by atoms with van der Waals surface area (Å²) in [6.45, 7) is 4.63. The van der Waals surface area contributed by atoms with Crippen LogP contribution in [0.25, 0.3) is 0 Å². The maximum absolute atomic E-state index is 11.8. The topological polar surface area (TPSA) is 44.4 Å². The number of nitrogens with zero attached hydrogens (tertiary/aromatic N) is 1. The van der Waals surface area contributed by atoms with Gasteiger partial charge in [-0.25, -0.2) is 0 Å². The number of hydrogen-bond donors (Lipinski definition) is 2. The van der Waals surface area contributed by atoms with E-state index in [1.54, 1.807) is 0 Å². The van der Waals surface area contributed by atoms with Gasteiger partial charge >= 0.3 is 0 Å². The van der Waals surface area contributed by atoms with Gasteiger partial charge in [-0.2, -0.15) is 0 Å². The van der Waals surface area contributed by atoms with Crippen LogP contribution in [0, 0.1) is 0 Å². The van der Waals surface area contributed by atoms with Gasteiger partial charge < -0.3 is 15.5 Å². The zero-order valence-corrected chi connectivity index (χ0v) is 7.88. The third-order valence-electron chi connectivity index (χ3n) is 2.79. The van der Waals surface area contributed by atoms with Crippen LogP contribution in [-0.4, -0.2) is 49.6 Å². The minimum absolute atomic E-state index is 0.109. The van der Waals surface area contributed by atoms with Gasteiger partial charge in [0.05, 0.1) is 6.04 Å². The van der Waals surface area contributed by atoms with E-state index in [2.05, 4.69) is 10.6 Å². The van der Waals surface area contributed by atoms with Crippen LogP contribution < -0.4 is 10.6 Å². The molecule has 0 aliphatic carbocycles. The average molecular weight is 183 g/mol. The van der Waals surface area contributed by atoms with Gasteiger partial charge in [-0.3, -0.25) is 4.79 Å². The van der Waals surface area contributed by atoms with Crippen LogP contribution >= 0.6 is 0 Å². The summed E-state index contributed by atoms with van der Waals surface area (Å²) in [4.78, 5) is 13.8. The highest BCUT2D eigenvalue weighted by atomic mass is 16.2. The molecule has 0 aromatic carbocycles. The predicted octanol–water partition coefficient (Wildman–Crippen LogP) is -0.830. The van der Waals surface area contributed by atoms with Crippen LogP contribution in [0.5, 0.6) is 0 Å². The van der Waals surface area contributed by atoms with Crippen LogP contribution in [0.2, 0.25) is 0 Å². The maximum atomic E-state index is 11.8. The predicted molar refractivity (Wildman–Crippen MR) is 50.5 cm³/mol. The summed E-state index contributed by atoms with van der Waals surface area (Å²) in [5.74, 6) is 0.305. The molecule has 2 N–H and O–H groups in total. The lowest BCUT2D eigenvalue weighted by Gasteiger charge is -2.29. The Labute approximate surface area is 78.7 Å². The Bertz CT molecular complexity index is 183. The molecule has 0 unspecified atom stereocenters. The maximum Gasteiger partial charge on any atom is 0.239 e. The second-order valence-corrected chi connectivity index (χ2v) is 3.72. The molecule has 0 aromatic rings. The van der Waals surface area contributed by atoms with Gasteiger partial charge in [-0.15, -0.1) is 0 Å². The summed E-state index contributed by atoms with van der Waals surface area (Å²) in [5.41, 5.74) is 0. The number of nitrogens with one attached hydrogen (secondary N) is 2. The molecule has 0 saturated carbocycles. The summed E-state index contributed by atoms with van der Waals surface area (Å²) in [5, 5.41) is 6.49. The first-order valence-corrected chi connectivity index (χ1v) is 5.11. The molecule has 1 atom stereocenters. The van der Waals surface area contributed by atoms with Crippen LogP contribution in [0.15, 0.2) is 0 Å². The molecule has 0 aromatic heterocycles. The summed E-state index contributed by atoms with van der Waals surface area (Å²) >= 11 is 0. The first-order valence-electron chi connectivity index (χ1n) is 5.11. The highest BCUT2D eigenvalue weighted by Gasteiger charge is 2.27. The van der Waals surface area contributed by atoms with Crippen molar-refractivity contribution in [1.82, 2.24) is 15.5 Å². The standard InChI is InChI=1S/C9H17N3O/c13-9(8-2-1-3-11-8)12-6-4-10-5-7-12/h8,10-11H,1-7H2/t8-/m1/s1. The quantitative estimate of drug-likeness (QED) is 0.558. The van der Waals surface area contributed by atoms with Crippen molar-refractivity contribution in [1.29, 1.82) is 0 Å². The molecule has 4 heteroatoms. The molecule has 2 rings (SSSR count). The van der Waals surface area contributed by atoms with E-state index in [1.165, 1.54) is 0 Å². The third kappa shape index (κ3) is 2.00. The van der Waals surface area contributed by atoms with E-state index in [0.29, 0.717) is 5.91 Å². The van der Waals surface area contributed by atoms with Gasteiger partial charge in [-0.1, -0.05) is 0 Å². The molecule has 0 bridgehead atoms. The zero-order valence-electron chi connectivity index (χ0n) is 7.88. The van der Waals surface area contributed by atoms with Gasteiger partial charge in [0.15, 0.2) is 0 Å². The Morgan fingerprint density at radius 3 is 2.62 bits per heavy atom. The second-order valence-electron chi connectivity index (χ2n) is 3.72. The Kier molecular flexibility index (Phi) is 2.80. The second kappa shape index (κ2) is 4.07. The number of rotatable bonds is 1. The number of carbonyl (C=O) groups is 1. The number of amides is 1. The number of carbonyl (C=O) groups excluding carboxylic acids is 1. The van der Waals surface area contributed by atoms with Crippen molar-refractivity contribution in [2.24, 2.45) is 0 Å². The van der Waals surface area contributed by atoms with Crippen molar-refractivity contribution >= 4 is 5.91 Å². The van der Waals surface area contributed by atoms with Gasteiger partial charge in [0.1, 0.15) is 0 Å². The van der Waals surface area contributed by atoms with Gasteiger partial charge in [-0.05, 0) is 19.4 Å². The molecule has 2 saturated heterocycles. The average Bonchev–Trinajstić information content (AvgIpc) is 2.71. The van der Waals surface area contributed by atoms with Crippen LogP contribution in [0.4, 0.5) is 0 Å².